The zero-order valence-corrected chi connectivity index (χ0v) is 6.40. The minimum Gasteiger partial charge on any atom is -0.334 e. The van der Waals surface area contributed by atoms with Gasteiger partial charge in [0.2, 0.25) is 0 Å². The van der Waals surface area contributed by atoms with Gasteiger partial charge in [-0.15, -0.1) is 0 Å². The number of aromatic nitrogens is 2. The number of carbonyl (C=O) groups excluding carboxylic acids is 1. The first-order chi connectivity index (χ1) is 5.29. The van der Waals surface area contributed by atoms with E-state index >= 15 is 0 Å². The number of carbonyl (C=O) groups is 1. The summed E-state index contributed by atoms with van der Waals surface area (Å²) < 4.78 is 1.89. The SMILES string of the molecule is CC(=O)/C=C/Cn1ccnc1. The van der Waals surface area contributed by atoms with Crippen LogP contribution in [0.5, 0.6) is 0 Å². The second-order valence-electron chi connectivity index (χ2n) is 2.27. The van der Waals surface area contributed by atoms with Gasteiger partial charge < -0.3 is 4.57 Å². The summed E-state index contributed by atoms with van der Waals surface area (Å²) in [5, 5.41) is 0. The molecule has 3 nitrogen and oxygen atoms in total. The molecule has 1 heterocycles. The molecule has 0 aliphatic heterocycles. The van der Waals surface area contributed by atoms with E-state index in [1.807, 2.05) is 16.8 Å². The molecule has 0 amide bonds. The highest BCUT2D eigenvalue weighted by Crippen LogP contribution is 1.86. The van der Waals surface area contributed by atoms with Crippen LogP contribution in [0.15, 0.2) is 30.9 Å². The normalized spacial score (nSPS) is 10.6. The second kappa shape index (κ2) is 3.71. The third kappa shape index (κ3) is 2.80. The van der Waals surface area contributed by atoms with Gasteiger partial charge in [0.25, 0.3) is 0 Å². The summed E-state index contributed by atoms with van der Waals surface area (Å²) in [5.74, 6) is 0.0742. The van der Waals surface area contributed by atoms with Gasteiger partial charge in [-0.3, -0.25) is 4.79 Å². The Hall–Kier alpha value is -1.38. The molecular weight excluding hydrogens is 140 g/mol. The summed E-state index contributed by atoms with van der Waals surface area (Å²) in [5.41, 5.74) is 0. The third-order valence-electron chi connectivity index (χ3n) is 1.23. The maximum Gasteiger partial charge on any atom is 0.152 e. The maximum absolute atomic E-state index is 10.5. The topological polar surface area (TPSA) is 34.9 Å². The molecule has 1 aromatic heterocycles. The molecule has 0 fully saturated rings. The lowest BCUT2D eigenvalue weighted by atomic mass is 10.4. The zero-order chi connectivity index (χ0) is 8.10. The number of allylic oxidation sites excluding steroid dienone is 2. The Bertz CT molecular complexity index is 249. The summed E-state index contributed by atoms with van der Waals surface area (Å²) in [6.45, 7) is 2.24. The minimum atomic E-state index is 0.0742. The third-order valence-corrected chi connectivity index (χ3v) is 1.23. The van der Waals surface area contributed by atoms with Crippen molar-refractivity contribution in [3.63, 3.8) is 0 Å². The van der Waals surface area contributed by atoms with Gasteiger partial charge in [-0.2, -0.15) is 0 Å². The van der Waals surface area contributed by atoms with Crippen molar-refractivity contribution in [1.29, 1.82) is 0 Å². The first-order valence-corrected chi connectivity index (χ1v) is 3.42. The number of hydrogen-bond acceptors (Lipinski definition) is 2. The molecule has 1 aromatic rings. The van der Waals surface area contributed by atoms with E-state index in [0.29, 0.717) is 6.54 Å². The monoisotopic (exact) mass is 150 g/mol. The lowest BCUT2D eigenvalue weighted by Crippen LogP contribution is -1.90. The van der Waals surface area contributed by atoms with Crippen molar-refractivity contribution >= 4 is 5.78 Å². The van der Waals surface area contributed by atoms with Crippen LogP contribution in [0.4, 0.5) is 0 Å². The Labute approximate surface area is 65.4 Å². The van der Waals surface area contributed by atoms with Crippen LogP contribution in [-0.2, 0) is 11.3 Å². The van der Waals surface area contributed by atoms with Gasteiger partial charge in [0.15, 0.2) is 5.78 Å². The van der Waals surface area contributed by atoms with Crippen LogP contribution in [0.3, 0.4) is 0 Å². The Morgan fingerprint density at radius 1 is 1.73 bits per heavy atom. The van der Waals surface area contributed by atoms with Crippen molar-refractivity contribution < 1.29 is 4.79 Å². The standard InChI is InChI=1S/C8H10N2O/c1-8(11)3-2-5-10-6-4-9-7-10/h2-4,6-7H,5H2,1H3/b3-2+. The van der Waals surface area contributed by atoms with Crippen molar-refractivity contribution in [3.8, 4) is 0 Å². The van der Waals surface area contributed by atoms with Crippen LogP contribution in [0.1, 0.15) is 6.92 Å². The predicted octanol–water partition coefficient (Wildman–Crippen LogP) is 1.03. The quantitative estimate of drug-likeness (QED) is 0.603. The Kier molecular flexibility index (Phi) is 2.60. The highest BCUT2D eigenvalue weighted by atomic mass is 16.1. The smallest absolute Gasteiger partial charge is 0.152 e. The molecule has 0 N–H and O–H groups in total. The summed E-state index contributed by atoms with van der Waals surface area (Å²) in [6, 6.07) is 0. The van der Waals surface area contributed by atoms with Gasteiger partial charge in [0.05, 0.1) is 6.33 Å². The van der Waals surface area contributed by atoms with Gasteiger partial charge in [-0.25, -0.2) is 4.98 Å². The molecule has 0 radical (unpaired) electrons. The molecule has 1 rings (SSSR count). The maximum atomic E-state index is 10.5. The van der Waals surface area contributed by atoms with Crippen LogP contribution < -0.4 is 0 Å². The van der Waals surface area contributed by atoms with Crippen molar-refractivity contribution in [2.24, 2.45) is 0 Å². The van der Waals surface area contributed by atoms with Crippen LogP contribution in [-0.4, -0.2) is 15.3 Å². The fourth-order valence-corrected chi connectivity index (χ4v) is 0.735. The van der Waals surface area contributed by atoms with Crippen molar-refractivity contribution in [2.45, 2.75) is 13.5 Å². The van der Waals surface area contributed by atoms with E-state index in [4.69, 9.17) is 0 Å². The number of hydrogen-bond donors (Lipinski definition) is 0. The van der Waals surface area contributed by atoms with Gasteiger partial charge in [0.1, 0.15) is 0 Å². The summed E-state index contributed by atoms with van der Waals surface area (Å²) in [4.78, 5) is 14.3. The lowest BCUT2D eigenvalue weighted by Gasteiger charge is -1.91. The number of imidazole rings is 1. The van der Waals surface area contributed by atoms with E-state index in [0.717, 1.165) is 0 Å². The first-order valence-electron chi connectivity index (χ1n) is 3.42. The van der Waals surface area contributed by atoms with E-state index in [-0.39, 0.29) is 5.78 Å². The predicted molar refractivity (Wildman–Crippen MR) is 42.0 cm³/mol. The average molecular weight is 150 g/mol. The molecule has 0 aromatic carbocycles. The minimum absolute atomic E-state index is 0.0742. The van der Waals surface area contributed by atoms with E-state index in [2.05, 4.69) is 4.98 Å². The fraction of sp³-hybridized carbons (Fsp3) is 0.250. The fourth-order valence-electron chi connectivity index (χ4n) is 0.735. The van der Waals surface area contributed by atoms with Crippen LogP contribution >= 0.6 is 0 Å². The first kappa shape index (κ1) is 7.72. The van der Waals surface area contributed by atoms with Crippen molar-refractivity contribution in [1.82, 2.24) is 9.55 Å². The Balaban J connectivity index is 2.40. The molecule has 3 heteroatoms. The molecule has 0 saturated heterocycles. The van der Waals surface area contributed by atoms with Crippen LogP contribution in [0.25, 0.3) is 0 Å². The summed E-state index contributed by atoms with van der Waals surface area (Å²) in [6.07, 6.45) is 8.64. The average Bonchev–Trinajstić information content (AvgIpc) is 2.39. The van der Waals surface area contributed by atoms with E-state index in [1.54, 1.807) is 18.6 Å². The van der Waals surface area contributed by atoms with Crippen molar-refractivity contribution in [2.75, 3.05) is 0 Å². The molecule has 0 bridgehead atoms. The molecule has 0 aliphatic carbocycles. The highest BCUT2D eigenvalue weighted by Gasteiger charge is 1.84. The van der Waals surface area contributed by atoms with E-state index in [9.17, 15) is 4.79 Å². The molecule has 58 valence electrons. The van der Waals surface area contributed by atoms with E-state index < -0.39 is 0 Å². The Morgan fingerprint density at radius 3 is 3.09 bits per heavy atom. The number of nitrogens with zero attached hydrogens (tertiary/aromatic N) is 2. The number of ketones is 1. The molecule has 11 heavy (non-hydrogen) atoms. The second-order valence-corrected chi connectivity index (χ2v) is 2.27. The lowest BCUT2D eigenvalue weighted by molar-refractivity contribution is -0.112. The van der Waals surface area contributed by atoms with Gasteiger partial charge >= 0.3 is 0 Å². The molecular formula is C8H10N2O. The molecule has 0 unspecified atom stereocenters. The molecule has 0 saturated carbocycles. The van der Waals surface area contributed by atoms with E-state index in [1.165, 1.54) is 6.92 Å². The number of rotatable bonds is 3. The summed E-state index contributed by atoms with van der Waals surface area (Å²) >= 11 is 0. The largest absolute Gasteiger partial charge is 0.334 e. The van der Waals surface area contributed by atoms with Gasteiger partial charge in [0, 0.05) is 18.9 Å². The molecule has 0 spiro atoms. The van der Waals surface area contributed by atoms with Gasteiger partial charge in [-0.05, 0) is 13.0 Å². The van der Waals surface area contributed by atoms with Gasteiger partial charge in [-0.1, -0.05) is 6.08 Å². The summed E-state index contributed by atoms with van der Waals surface area (Å²) in [7, 11) is 0. The van der Waals surface area contributed by atoms with Crippen molar-refractivity contribution in [3.05, 3.63) is 30.9 Å². The van der Waals surface area contributed by atoms with Crippen LogP contribution in [0, 0.1) is 0 Å². The van der Waals surface area contributed by atoms with Crippen LogP contribution in [0.2, 0.25) is 0 Å². The Morgan fingerprint density at radius 2 is 2.55 bits per heavy atom. The molecule has 0 aliphatic rings. The highest BCUT2D eigenvalue weighted by molar-refractivity contribution is 5.87. The zero-order valence-electron chi connectivity index (χ0n) is 6.40. The molecule has 0 atom stereocenters.